The molecule has 2 N–H and O–H groups in total. The third kappa shape index (κ3) is 3.56. The summed E-state index contributed by atoms with van der Waals surface area (Å²) in [7, 11) is 0. The second-order valence-electron chi connectivity index (χ2n) is 4.32. The Labute approximate surface area is 103 Å². The Bertz CT molecular complexity index is 335. The first-order chi connectivity index (χ1) is 8.40. The molecule has 0 atom stereocenters. The zero-order valence-electron chi connectivity index (χ0n) is 10.4. The summed E-state index contributed by atoms with van der Waals surface area (Å²) >= 11 is 0. The van der Waals surface area contributed by atoms with Gasteiger partial charge in [0.2, 0.25) is 0 Å². The largest absolute Gasteiger partial charge is 0.369 e. The van der Waals surface area contributed by atoms with Crippen LogP contribution in [-0.2, 0) is 0 Å². The Morgan fingerprint density at radius 1 is 1.41 bits per heavy atom. The predicted molar refractivity (Wildman–Crippen MR) is 70.5 cm³/mol. The Kier molecular flexibility index (Phi) is 4.55. The lowest BCUT2D eigenvalue weighted by atomic mass is 10.3. The van der Waals surface area contributed by atoms with E-state index < -0.39 is 0 Å². The summed E-state index contributed by atoms with van der Waals surface area (Å²) in [5.74, 6) is 0.884. The van der Waals surface area contributed by atoms with Crippen LogP contribution in [0.5, 0.6) is 0 Å². The molecule has 1 aliphatic heterocycles. The fourth-order valence-electron chi connectivity index (χ4n) is 1.93. The van der Waals surface area contributed by atoms with Crippen molar-refractivity contribution in [1.82, 2.24) is 15.5 Å². The Hall–Kier alpha value is -1.36. The number of rotatable bonds is 5. The maximum atomic E-state index is 4.10. The van der Waals surface area contributed by atoms with Crippen molar-refractivity contribution in [2.24, 2.45) is 0 Å². The van der Waals surface area contributed by atoms with Crippen LogP contribution in [0.25, 0.3) is 0 Å². The normalized spacial score (nSPS) is 15.9. The van der Waals surface area contributed by atoms with Crippen LogP contribution in [0.1, 0.15) is 19.8 Å². The van der Waals surface area contributed by atoms with Crippen LogP contribution in [0.15, 0.2) is 12.3 Å². The van der Waals surface area contributed by atoms with Gasteiger partial charge in [0.1, 0.15) is 0 Å². The van der Waals surface area contributed by atoms with E-state index in [1.54, 1.807) is 0 Å². The third-order valence-corrected chi connectivity index (χ3v) is 2.96. The van der Waals surface area contributed by atoms with E-state index in [4.69, 9.17) is 0 Å². The van der Waals surface area contributed by atoms with E-state index in [0.717, 1.165) is 38.5 Å². The molecule has 1 saturated heterocycles. The van der Waals surface area contributed by atoms with Crippen molar-refractivity contribution < 1.29 is 0 Å². The standard InChI is InChI=1S/C12H21N5/c1-2-3-4-14-12-9-11(10-15-16-12)17-7-5-13-6-8-17/h9-10,13H,2-8H2,1H3,(H,14,16). The molecular formula is C12H21N5. The maximum absolute atomic E-state index is 4.10. The second kappa shape index (κ2) is 6.39. The van der Waals surface area contributed by atoms with Gasteiger partial charge in [0, 0.05) is 38.8 Å². The monoisotopic (exact) mass is 235 g/mol. The van der Waals surface area contributed by atoms with Gasteiger partial charge in [-0.1, -0.05) is 13.3 Å². The number of nitrogens with zero attached hydrogens (tertiary/aromatic N) is 3. The highest BCUT2D eigenvalue weighted by Gasteiger charge is 2.11. The van der Waals surface area contributed by atoms with Gasteiger partial charge in [0.05, 0.1) is 11.9 Å². The average molecular weight is 235 g/mol. The van der Waals surface area contributed by atoms with Crippen molar-refractivity contribution in [3.63, 3.8) is 0 Å². The van der Waals surface area contributed by atoms with Crippen molar-refractivity contribution in [1.29, 1.82) is 0 Å². The van der Waals surface area contributed by atoms with Crippen molar-refractivity contribution in [3.8, 4) is 0 Å². The first kappa shape index (κ1) is 12.1. The summed E-state index contributed by atoms with van der Waals surface area (Å²) in [6, 6.07) is 2.09. The van der Waals surface area contributed by atoms with E-state index in [1.807, 2.05) is 6.20 Å². The topological polar surface area (TPSA) is 53.1 Å². The molecule has 0 bridgehead atoms. The van der Waals surface area contributed by atoms with E-state index in [0.29, 0.717) is 0 Å². The van der Waals surface area contributed by atoms with Gasteiger partial charge in [-0.3, -0.25) is 0 Å². The molecule has 0 amide bonds. The van der Waals surface area contributed by atoms with Gasteiger partial charge < -0.3 is 15.5 Å². The molecule has 2 heterocycles. The molecule has 0 aliphatic carbocycles. The van der Waals surface area contributed by atoms with Gasteiger partial charge in [-0.25, -0.2) is 0 Å². The SMILES string of the molecule is CCCCNc1cc(N2CCNCC2)cnn1. The lowest BCUT2D eigenvalue weighted by Gasteiger charge is -2.29. The smallest absolute Gasteiger partial charge is 0.150 e. The van der Waals surface area contributed by atoms with Gasteiger partial charge in [0.25, 0.3) is 0 Å². The average Bonchev–Trinajstić information content (AvgIpc) is 2.41. The molecule has 1 fully saturated rings. The molecule has 0 radical (unpaired) electrons. The Balaban J connectivity index is 1.95. The summed E-state index contributed by atoms with van der Waals surface area (Å²) in [5.41, 5.74) is 1.17. The van der Waals surface area contributed by atoms with Crippen LogP contribution in [0, 0.1) is 0 Å². The molecule has 2 rings (SSSR count). The van der Waals surface area contributed by atoms with Gasteiger partial charge >= 0.3 is 0 Å². The summed E-state index contributed by atoms with van der Waals surface area (Å²) in [6.07, 6.45) is 4.20. The second-order valence-corrected chi connectivity index (χ2v) is 4.32. The summed E-state index contributed by atoms with van der Waals surface area (Å²) in [6.45, 7) is 7.32. The van der Waals surface area contributed by atoms with E-state index >= 15 is 0 Å². The van der Waals surface area contributed by atoms with Crippen LogP contribution >= 0.6 is 0 Å². The number of piperazine rings is 1. The molecule has 1 aromatic rings. The molecule has 1 aromatic heterocycles. The van der Waals surface area contributed by atoms with Gasteiger partial charge in [-0.2, -0.15) is 5.10 Å². The number of hydrogen-bond acceptors (Lipinski definition) is 5. The zero-order chi connectivity index (χ0) is 11.9. The number of nitrogens with one attached hydrogen (secondary N) is 2. The van der Waals surface area contributed by atoms with Crippen LogP contribution in [0.2, 0.25) is 0 Å². The number of hydrogen-bond donors (Lipinski definition) is 2. The Morgan fingerprint density at radius 3 is 3.00 bits per heavy atom. The Morgan fingerprint density at radius 2 is 2.24 bits per heavy atom. The highest BCUT2D eigenvalue weighted by Crippen LogP contribution is 2.16. The summed E-state index contributed by atoms with van der Waals surface area (Å²) in [5, 5.41) is 14.8. The highest BCUT2D eigenvalue weighted by molar-refractivity contribution is 5.52. The van der Waals surface area contributed by atoms with Crippen molar-refractivity contribution in [3.05, 3.63) is 12.3 Å². The van der Waals surface area contributed by atoms with Crippen LogP contribution in [0.4, 0.5) is 11.5 Å². The first-order valence-corrected chi connectivity index (χ1v) is 6.42. The van der Waals surface area contributed by atoms with Crippen LogP contribution in [-0.4, -0.2) is 42.9 Å². The van der Waals surface area contributed by atoms with Gasteiger partial charge in [-0.15, -0.1) is 5.10 Å². The molecule has 0 aromatic carbocycles. The lowest BCUT2D eigenvalue weighted by Crippen LogP contribution is -2.43. The molecule has 0 saturated carbocycles. The van der Waals surface area contributed by atoms with Gasteiger partial charge in [0.15, 0.2) is 5.82 Å². The molecule has 5 nitrogen and oxygen atoms in total. The molecular weight excluding hydrogens is 214 g/mol. The van der Waals surface area contributed by atoms with Gasteiger partial charge in [-0.05, 0) is 6.42 Å². The molecule has 5 heteroatoms. The fourth-order valence-corrected chi connectivity index (χ4v) is 1.93. The molecule has 1 aliphatic rings. The predicted octanol–water partition coefficient (Wildman–Crippen LogP) is 1.10. The molecule has 0 unspecified atom stereocenters. The fraction of sp³-hybridized carbons (Fsp3) is 0.667. The quantitative estimate of drug-likeness (QED) is 0.748. The minimum Gasteiger partial charge on any atom is -0.369 e. The number of anilines is 2. The molecule has 17 heavy (non-hydrogen) atoms. The van der Waals surface area contributed by atoms with E-state index in [9.17, 15) is 0 Å². The number of unbranched alkanes of at least 4 members (excludes halogenated alkanes) is 1. The minimum atomic E-state index is 0.884. The van der Waals surface area contributed by atoms with E-state index in [2.05, 4.69) is 38.7 Å². The van der Waals surface area contributed by atoms with Crippen LogP contribution in [0.3, 0.4) is 0 Å². The van der Waals surface area contributed by atoms with E-state index in [-0.39, 0.29) is 0 Å². The van der Waals surface area contributed by atoms with Crippen molar-refractivity contribution in [2.75, 3.05) is 42.9 Å². The molecule has 0 spiro atoms. The first-order valence-electron chi connectivity index (χ1n) is 6.42. The lowest BCUT2D eigenvalue weighted by molar-refractivity contribution is 0.588. The zero-order valence-corrected chi connectivity index (χ0v) is 10.4. The highest BCUT2D eigenvalue weighted by atomic mass is 15.2. The number of aromatic nitrogens is 2. The maximum Gasteiger partial charge on any atom is 0.150 e. The van der Waals surface area contributed by atoms with Crippen molar-refractivity contribution >= 4 is 11.5 Å². The van der Waals surface area contributed by atoms with Crippen LogP contribution < -0.4 is 15.5 Å². The van der Waals surface area contributed by atoms with E-state index in [1.165, 1.54) is 18.5 Å². The van der Waals surface area contributed by atoms with Crippen molar-refractivity contribution in [2.45, 2.75) is 19.8 Å². The summed E-state index contributed by atoms with van der Waals surface area (Å²) in [4.78, 5) is 2.34. The minimum absolute atomic E-state index is 0.884. The molecule has 94 valence electrons. The third-order valence-electron chi connectivity index (χ3n) is 2.96. The summed E-state index contributed by atoms with van der Waals surface area (Å²) < 4.78 is 0.